The van der Waals surface area contributed by atoms with Crippen molar-refractivity contribution < 1.29 is 24.5 Å². The van der Waals surface area contributed by atoms with E-state index in [0.29, 0.717) is 19.4 Å². The Morgan fingerprint density at radius 1 is 0.458 bits per heavy atom. The molecule has 0 bridgehead atoms. The third-order valence-electron chi connectivity index (χ3n) is 12.3. The number of esters is 1. The highest BCUT2D eigenvalue weighted by Gasteiger charge is 2.18. The third kappa shape index (κ3) is 45.9. The van der Waals surface area contributed by atoms with Crippen LogP contribution < -0.4 is 5.32 Å². The highest BCUT2D eigenvalue weighted by molar-refractivity contribution is 5.76. The molecule has 0 aromatic carbocycles. The number of carbonyl (C=O) groups excluding carboxylic acids is 2. The Labute approximate surface area is 368 Å². The Hall–Kier alpha value is -1.40. The predicted molar refractivity (Wildman–Crippen MR) is 255 cm³/mol. The average Bonchev–Trinajstić information content (AvgIpc) is 3.24. The van der Waals surface area contributed by atoms with Crippen molar-refractivity contribution in [3.05, 3.63) is 12.2 Å². The normalized spacial score (nSPS) is 12.7. The van der Waals surface area contributed by atoms with Gasteiger partial charge in [-0.3, -0.25) is 9.59 Å². The van der Waals surface area contributed by atoms with Gasteiger partial charge in [-0.15, -0.1) is 0 Å². The minimum absolute atomic E-state index is 0.00648. The van der Waals surface area contributed by atoms with Gasteiger partial charge in [-0.2, -0.15) is 0 Å². The summed E-state index contributed by atoms with van der Waals surface area (Å²) in [5, 5.41) is 23.0. The second kappa shape index (κ2) is 49.3. The molecule has 0 aromatic heterocycles. The lowest BCUT2D eigenvalue weighted by atomic mass is 10.0. The van der Waals surface area contributed by atoms with Crippen LogP contribution in [0, 0.1) is 0 Å². The number of aliphatic hydroxyl groups is 2. The fourth-order valence-electron chi connectivity index (χ4n) is 8.22. The lowest BCUT2D eigenvalue weighted by Crippen LogP contribution is -2.45. The van der Waals surface area contributed by atoms with Gasteiger partial charge in [0.2, 0.25) is 5.91 Å². The summed E-state index contributed by atoms with van der Waals surface area (Å²) in [4.78, 5) is 24.5. The molecule has 0 aliphatic rings. The van der Waals surface area contributed by atoms with Crippen LogP contribution in [0.3, 0.4) is 0 Å². The maximum Gasteiger partial charge on any atom is 0.305 e. The molecule has 3 N–H and O–H groups in total. The van der Waals surface area contributed by atoms with Crippen LogP contribution in [0.25, 0.3) is 0 Å². The Morgan fingerprint density at radius 2 is 0.780 bits per heavy atom. The highest BCUT2D eigenvalue weighted by atomic mass is 16.5. The molecular weight excluding hydrogens is 731 g/mol. The van der Waals surface area contributed by atoms with Crippen molar-refractivity contribution in [2.45, 2.75) is 302 Å². The summed E-state index contributed by atoms with van der Waals surface area (Å²) < 4.78 is 5.47. The summed E-state index contributed by atoms with van der Waals surface area (Å²) in [6.07, 6.45) is 56.4. The Bertz CT molecular complexity index is 878. The van der Waals surface area contributed by atoms with Crippen molar-refractivity contribution in [2.24, 2.45) is 0 Å². The van der Waals surface area contributed by atoms with Crippen LogP contribution in [0.1, 0.15) is 290 Å². The average molecular weight is 834 g/mol. The summed E-state index contributed by atoms with van der Waals surface area (Å²) in [7, 11) is 0. The fraction of sp³-hybridized carbons (Fsp3) is 0.925. The van der Waals surface area contributed by atoms with E-state index in [2.05, 4.69) is 19.2 Å². The van der Waals surface area contributed by atoms with Gasteiger partial charge in [0.1, 0.15) is 0 Å². The molecule has 0 radical (unpaired) electrons. The van der Waals surface area contributed by atoms with Gasteiger partial charge in [0.25, 0.3) is 0 Å². The second-order valence-electron chi connectivity index (χ2n) is 18.2. The molecule has 59 heavy (non-hydrogen) atoms. The number of amides is 1. The van der Waals surface area contributed by atoms with E-state index in [0.717, 1.165) is 57.8 Å². The molecule has 0 saturated heterocycles. The van der Waals surface area contributed by atoms with Crippen molar-refractivity contribution in [2.75, 3.05) is 13.2 Å². The van der Waals surface area contributed by atoms with E-state index in [1.165, 1.54) is 205 Å². The molecule has 0 saturated carbocycles. The molecule has 6 heteroatoms. The van der Waals surface area contributed by atoms with Gasteiger partial charge in [-0.05, 0) is 32.1 Å². The number of hydrogen-bond acceptors (Lipinski definition) is 5. The SMILES string of the molecule is CCCCCCCCCCCC/C=C/C(O)C(CO)NC(=O)CCCCCCCCCCCCCCOC(=O)CCCCCCCCCCCCCCCCCCCC. The first-order valence-electron chi connectivity index (χ1n) is 26.5. The largest absolute Gasteiger partial charge is 0.466 e. The van der Waals surface area contributed by atoms with Crippen LogP contribution in [-0.4, -0.2) is 47.4 Å². The quantitative estimate of drug-likeness (QED) is 0.0322. The van der Waals surface area contributed by atoms with Crippen molar-refractivity contribution in [1.82, 2.24) is 5.32 Å². The molecule has 6 nitrogen and oxygen atoms in total. The number of hydrogen-bond donors (Lipinski definition) is 3. The Morgan fingerprint density at radius 3 is 1.15 bits per heavy atom. The fourth-order valence-corrected chi connectivity index (χ4v) is 8.22. The summed E-state index contributed by atoms with van der Waals surface area (Å²) in [5.41, 5.74) is 0. The molecule has 2 atom stereocenters. The van der Waals surface area contributed by atoms with Crippen LogP contribution in [0.5, 0.6) is 0 Å². The molecule has 0 spiro atoms. The van der Waals surface area contributed by atoms with E-state index in [-0.39, 0.29) is 18.5 Å². The highest BCUT2D eigenvalue weighted by Crippen LogP contribution is 2.17. The number of rotatable bonds is 49. The van der Waals surface area contributed by atoms with Gasteiger partial charge in [0.15, 0.2) is 0 Å². The number of ether oxygens (including phenoxy) is 1. The molecule has 0 aliphatic heterocycles. The number of aliphatic hydroxyl groups excluding tert-OH is 2. The first-order chi connectivity index (χ1) is 29.0. The van der Waals surface area contributed by atoms with Gasteiger partial charge in [-0.25, -0.2) is 0 Å². The van der Waals surface area contributed by atoms with Crippen molar-refractivity contribution in [1.29, 1.82) is 0 Å². The van der Waals surface area contributed by atoms with Crippen LogP contribution >= 0.6 is 0 Å². The van der Waals surface area contributed by atoms with E-state index in [1.54, 1.807) is 6.08 Å². The monoisotopic (exact) mass is 834 g/mol. The first-order valence-corrected chi connectivity index (χ1v) is 26.5. The summed E-state index contributed by atoms with van der Waals surface area (Å²) in [5.74, 6) is -0.0896. The van der Waals surface area contributed by atoms with Gasteiger partial charge >= 0.3 is 5.97 Å². The van der Waals surface area contributed by atoms with E-state index >= 15 is 0 Å². The molecule has 0 aromatic rings. The minimum Gasteiger partial charge on any atom is -0.466 e. The molecule has 0 aliphatic carbocycles. The Balaban J connectivity index is 3.44. The number of unbranched alkanes of at least 4 members (excludes halogenated alkanes) is 38. The maximum absolute atomic E-state index is 12.4. The van der Waals surface area contributed by atoms with Crippen LogP contribution in [0.4, 0.5) is 0 Å². The lowest BCUT2D eigenvalue weighted by molar-refractivity contribution is -0.143. The summed E-state index contributed by atoms with van der Waals surface area (Å²) in [6, 6.07) is -0.637. The maximum atomic E-state index is 12.4. The van der Waals surface area contributed by atoms with E-state index < -0.39 is 12.1 Å². The molecule has 0 heterocycles. The van der Waals surface area contributed by atoms with E-state index in [9.17, 15) is 19.8 Å². The topological polar surface area (TPSA) is 95.9 Å². The van der Waals surface area contributed by atoms with Crippen molar-refractivity contribution in [3.63, 3.8) is 0 Å². The zero-order valence-corrected chi connectivity index (χ0v) is 39.7. The minimum atomic E-state index is -0.852. The predicted octanol–water partition coefficient (Wildman–Crippen LogP) is 15.7. The Kier molecular flexibility index (Phi) is 48.1. The smallest absolute Gasteiger partial charge is 0.305 e. The van der Waals surface area contributed by atoms with Gasteiger partial charge in [-0.1, -0.05) is 257 Å². The van der Waals surface area contributed by atoms with Gasteiger partial charge in [0.05, 0.1) is 25.4 Å². The second-order valence-corrected chi connectivity index (χ2v) is 18.2. The molecule has 0 fully saturated rings. The zero-order valence-electron chi connectivity index (χ0n) is 39.7. The standard InChI is InChI=1S/C53H103NO5/c1-3-5-7-9-11-13-15-17-18-19-20-21-22-27-31-35-39-43-47-53(58)59-48-44-40-36-32-28-24-23-26-30-34-38-42-46-52(57)54-50(49-55)51(56)45-41-37-33-29-25-16-14-12-10-8-6-4-2/h41,45,50-51,55-56H,3-40,42-44,46-49H2,1-2H3,(H,54,57)/b45-41+. The molecular formula is C53H103NO5. The van der Waals surface area contributed by atoms with Crippen LogP contribution in [0.2, 0.25) is 0 Å². The number of carbonyl (C=O) groups is 2. The third-order valence-corrected chi connectivity index (χ3v) is 12.3. The molecule has 1 amide bonds. The van der Waals surface area contributed by atoms with Crippen LogP contribution in [0.15, 0.2) is 12.2 Å². The first kappa shape index (κ1) is 57.6. The number of nitrogens with one attached hydrogen (secondary N) is 1. The van der Waals surface area contributed by atoms with Gasteiger partial charge in [0, 0.05) is 12.8 Å². The summed E-state index contributed by atoms with van der Waals surface area (Å²) >= 11 is 0. The number of allylic oxidation sites excluding steroid dienone is 1. The molecule has 2 unspecified atom stereocenters. The van der Waals surface area contributed by atoms with E-state index in [4.69, 9.17) is 4.74 Å². The van der Waals surface area contributed by atoms with Crippen molar-refractivity contribution >= 4 is 11.9 Å². The lowest BCUT2D eigenvalue weighted by Gasteiger charge is -2.20. The summed E-state index contributed by atoms with van der Waals surface area (Å²) in [6.45, 7) is 4.87. The van der Waals surface area contributed by atoms with E-state index in [1.807, 2.05) is 6.08 Å². The van der Waals surface area contributed by atoms with Gasteiger partial charge < -0.3 is 20.3 Å². The van der Waals surface area contributed by atoms with Crippen molar-refractivity contribution in [3.8, 4) is 0 Å². The zero-order chi connectivity index (χ0) is 43.0. The van der Waals surface area contributed by atoms with Crippen LogP contribution in [-0.2, 0) is 14.3 Å². The molecule has 350 valence electrons. The molecule has 0 rings (SSSR count).